The fraction of sp³-hybridized carbons (Fsp3) is 0.222. The highest BCUT2D eigenvalue weighted by Crippen LogP contribution is 2.31. The van der Waals surface area contributed by atoms with Crippen LogP contribution >= 0.6 is 22.9 Å². The van der Waals surface area contributed by atoms with Crippen molar-refractivity contribution in [2.45, 2.75) is 12.3 Å². The van der Waals surface area contributed by atoms with E-state index in [1.54, 1.807) is 17.5 Å². The van der Waals surface area contributed by atoms with Gasteiger partial charge >= 0.3 is 0 Å². The third kappa shape index (κ3) is 1.76. The largest absolute Gasteiger partial charge is 0.281 e. The number of rotatable bonds is 2. The minimum atomic E-state index is -0.0961. The van der Waals surface area contributed by atoms with Crippen LogP contribution in [0.1, 0.15) is 20.8 Å². The van der Waals surface area contributed by atoms with Crippen LogP contribution < -0.4 is 0 Å². The number of aromatic nitrogens is 2. The zero-order valence-electron chi connectivity index (χ0n) is 7.12. The summed E-state index contributed by atoms with van der Waals surface area (Å²) in [6, 6.07) is 6.02. The molecule has 13 heavy (non-hydrogen) atoms. The van der Waals surface area contributed by atoms with Gasteiger partial charge in [-0.15, -0.1) is 22.9 Å². The van der Waals surface area contributed by atoms with E-state index < -0.39 is 0 Å². The van der Waals surface area contributed by atoms with Gasteiger partial charge in [-0.25, -0.2) is 0 Å². The van der Waals surface area contributed by atoms with Crippen LogP contribution in [0.5, 0.6) is 0 Å². The number of nitrogens with zero attached hydrogens (tertiary/aromatic N) is 1. The lowest BCUT2D eigenvalue weighted by molar-refractivity contribution is 0.988. The first-order chi connectivity index (χ1) is 6.27. The zero-order chi connectivity index (χ0) is 9.26. The Morgan fingerprint density at radius 2 is 2.31 bits per heavy atom. The van der Waals surface area contributed by atoms with Gasteiger partial charge in [0.1, 0.15) is 5.38 Å². The quantitative estimate of drug-likeness (QED) is 0.762. The van der Waals surface area contributed by atoms with Crippen LogP contribution in [0.25, 0.3) is 0 Å². The molecule has 0 fully saturated rings. The molecule has 68 valence electrons. The molecule has 0 radical (unpaired) electrons. The van der Waals surface area contributed by atoms with E-state index in [0.717, 1.165) is 10.6 Å². The Morgan fingerprint density at radius 1 is 1.46 bits per heavy atom. The first-order valence-corrected chi connectivity index (χ1v) is 5.22. The smallest absolute Gasteiger partial charge is 0.109 e. The molecule has 2 rings (SSSR count). The molecule has 4 heteroatoms. The monoisotopic (exact) mass is 212 g/mol. The summed E-state index contributed by atoms with van der Waals surface area (Å²) in [5.74, 6) is 0. The number of thiophene rings is 1. The first-order valence-electron chi connectivity index (χ1n) is 3.97. The zero-order valence-corrected chi connectivity index (χ0v) is 8.69. The minimum absolute atomic E-state index is 0.0961. The number of halogens is 1. The summed E-state index contributed by atoms with van der Waals surface area (Å²) in [5.41, 5.74) is 0.948. The van der Waals surface area contributed by atoms with E-state index in [1.165, 1.54) is 4.88 Å². The van der Waals surface area contributed by atoms with Crippen LogP contribution in [0, 0.1) is 6.92 Å². The van der Waals surface area contributed by atoms with Gasteiger partial charge in [0.05, 0.1) is 5.69 Å². The van der Waals surface area contributed by atoms with Crippen molar-refractivity contribution in [2.75, 3.05) is 0 Å². The Morgan fingerprint density at radius 3 is 2.85 bits per heavy atom. The minimum Gasteiger partial charge on any atom is -0.281 e. The van der Waals surface area contributed by atoms with E-state index in [0.29, 0.717) is 0 Å². The number of hydrogen-bond acceptors (Lipinski definition) is 2. The SMILES string of the molecule is Cc1ccc(C(Cl)c2ccn[nH]2)s1. The lowest BCUT2D eigenvalue weighted by Crippen LogP contribution is -1.89. The van der Waals surface area contributed by atoms with Crippen molar-refractivity contribution < 1.29 is 0 Å². The highest BCUT2D eigenvalue weighted by atomic mass is 35.5. The van der Waals surface area contributed by atoms with E-state index in [1.807, 2.05) is 6.07 Å². The van der Waals surface area contributed by atoms with Crippen molar-refractivity contribution in [3.05, 3.63) is 39.8 Å². The maximum Gasteiger partial charge on any atom is 0.109 e. The highest BCUT2D eigenvalue weighted by Gasteiger charge is 2.13. The lowest BCUT2D eigenvalue weighted by atomic mass is 10.2. The van der Waals surface area contributed by atoms with Crippen molar-refractivity contribution in [3.63, 3.8) is 0 Å². The summed E-state index contributed by atoms with van der Waals surface area (Å²) in [7, 11) is 0. The maximum atomic E-state index is 6.23. The number of H-pyrrole nitrogens is 1. The Hall–Kier alpha value is -0.800. The summed E-state index contributed by atoms with van der Waals surface area (Å²) >= 11 is 7.94. The number of hydrogen-bond donors (Lipinski definition) is 1. The molecule has 0 aliphatic carbocycles. The summed E-state index contributed by atoms with van der Waals surface area (Å²) in [4.78, 5) is 2.43. The molecule has 1 N–H and O–H groups in total. The average Bonchev–Trinajstić information content (AvgIpc) is 2.72. The molecule has 0 aliphatic rings. The normalized spacial score (nSPS) is 13.1. The van der Waals surface area contributed by atoms with Gasteiger partial charge in [-0.2, -0.15) is 5.10 Å². The Bertz CT molecular complexity index is 380. The topological polar surface area (TPSA) is 28.7 Å². The fourth-order valence-electron chi connectivity index (χ4n) is 1.15. The van der Waals surface area contributed by atoms with Crippen molar-refractivity contribution in [3.8, 4) is 0 Å². The molecule has 0 saturated carbocycles. The molecule has 1 unspecified atom stereocenters. The molecule has 0 spiro atoms. The fourth-order valence-corrected chi connectivity index (χ4v) is 2.35. The third-order valence-electron chi connectivity index (χ3n) is 1.81. The van der Waals surface area contributed by atoms with Gasteiger partial charge in [0.25, 0.3) is 0 Å². The second-order valence-corrected chi connectivity index (χ2v) is 4.58. The lowest BCUT2D eigenvalue weighted by Gasteiger charge is -2.02. The summed E-state index contributed by atoms with van der Waals surface area (Å²) in [5, 5.41) is 6.64. The molecule has 0 saturated heterocycles. The maximum absolute atomic E-state index is 6.23. The molecular formula is C9H9ClN2S. The van der Waals surface area contributed by atoms with E-state index in [9.17, 15) is 0 Å². The summed E-state index contributed by atoms with van der Waals surface area (Å²) in [6.07, 6.45) is 1.71. The highest BCUT2D eigenvalue weighted by molar-refractivity contribution is 7.12. The third-order valence-corrected chi connectivity index (χ3v) is 3.47. The van der Waals surface area contributed by atoms with Crippen LogP contribution in [-0.4, -0.2) is 10.2 Å². The Kier molecular flexibility index (Phi) is 2.38. The predicted molar refractivity (Wildman–Crippen MR) is 55.3 cm³/mol. The predicted octanol–water partition coefficient (Wildman–Crippen LogP) is 3.11. The van der Waals surface area contributed by atoms with Crippen molar-refractivity contribution in [2.24, 2.45) is 0 Å². The van der Waals surface area contributed by atoms with Crippen molar-refractivity contribution in [1.82, 2.24) is 10.2 Å². The number of aryl methyl sites for hydroxylation is 1. The van der Waals surface area contributed by atoms with E-state index in [2.05, 4.69) is 29.3 Å². The van der Waals surface area contributed by atoms with Crippen LogP contribution in [-0.2, 0) is 0 Å². The van der Waals surface area contributed by atoms with Crippen LogP contribution in [0.15, 0.2) is 24.4 Å². The molecule has 2 nitrogen and oxygen atoms in total. The van der Waals surface area contributed by atoms with Gasteiger partial charge in [-0.1, -0.05) is 0 Å². The van der Waals surface area contributed by atoms with Gasteiger partial charge in [-0.3, -0.25) is 5.10 Å². The summed E-state index contributed by atoms with van der Waals surface area (Å²) < 4.78 is 0. The van der Waals surface area contributed by atoms with E-state index in [4.69, 9.17) is 11.6 Å². The molecule has 0 aliphatic heterocycles. The average molecular weight is 213 g/mol. The van der Waals surface area contributed by atoms with E-state index in [-0.39, 0.29) is 5.38 Å². The molecule has 0 bridgehead atoms. The standard InChI is InChI=1S/C9H9ClN2S/c1-6-2-3-8(13-6)9(10)7-4-5-11-12-7/h2-5,9H,1H3,(H,11,12). The van der Waals surface area contributed by atoms with Crippen LogP contribution in [0.4, 0.5) is 0 Å². The van der Waals surface area contributed by atoms with Gasteiger partial charge in [-0.05, 0) is 25.1 Å². The molecule has 2 aromatic heterocycles. The molecule has 0 aromatic carbocycles. The number of nitrogens with one attached hydrogen (secondary N) is 1. The van der Waals surface area contributed by atoms with Gasteiger partial charge in [0.15, 0.2) is 0 Å². The second kappa shape index (κ2) is 3.52. The van der Waals surface area contributed by atoms with E-state index >= 15 is 0 Å². The molecule has 2 aromatic rings. The molecular weight excluding hydrogens is 204 g/mol. The van der Waals surface area contributed by atoms with Crippen LogP contribution in [0.3, 0.4) is 0 Å². The summed E-state index contributed by atoms with van der Waals surface area (Å²) in [6.45, 7) is 2.07. The number of aromatic amines is 1. The Labute approximate surface area is 85.6 Å². The molecule has 2 heterocycles. The van der Waals surface area contributed by atoms with Crippen LogP contribution in [0.2, 0.25) is 0 Å². The van der Waals surface area contributed by atoms with Gasteiger partial charge in [0, 0.05) is 16.0 Å². The second-order valence-electron chi connectivity index (χ2n) is 2.82. The van der Waals surface area contributed by atoms with Crippen molar-refractivity contribution >= 4 is 22.9 Å². The first kappa shape index (κ1) is 8.78. The Balaban J connectivity index is 2.28. The molecule has 0 amide bonds. The van der Waals surface area contributed by atoms with Gasteiger partial charge < -0.3 is 0 Å². The molecule has 1 atom stereocenters. The van der Waals surface area contributed by atoms with Gasteiger partial charge in [0.2, 0.25) is 0 Å². The van der Waals surface area contributed by atoms with Crippen molar-refractivity contribution in [1.29, 1.82) is 0 Å². The number of alkyl halides is 1.